The SMILES string of the molecule is COc1ccc2c(c1)C(=CC(=O)c1ccc(C#N)cc1)NC(C)(C)C2. The predicted molar refractivity (Wildman–Crippen MR) is 97.4 cm³/mol. The molecule has 1 N–H and O–H groups in total. The van der Waals surface area contributed by atoms with Crippen LogP contribution < -0.4 is 10.1 Å². The molecule has 4 nitrogen and oxygen atoms in total. The second-order valence-corrected chi connectivity index (χ2v) is 6.82. The number of nitriles is 1. The number of carbonyl (C=O) groups excluding carboxylic acids is 1. The van der Waals surface area contributed by atoms with Gasteiger partial charge in [0.2, 0.25) is 0 Å². The average molecular weight is 332 g/mol. The predicted octanol–water partition coefficient (Wildman–Crippen LogP) is 3.71. The number of hydrogen-bond acceptors (Lipinski definition) is 4. The van der Waals surface area contributed by atoms with Crippen molar-refractivity contribution in [3.05, 3.63) is 70.8 Å². The first-order valence-electron chi connectivity index (χ1n) is 8.13. The topological polar surface area (TPSA) is 62.1 Å². The number of nitrogens with zero attached hydrogens (tertiary/aromatic N) is 1. The number of fused-ring (bicyclic) bond motifs is 1. The van der Waals surface area contributed by atoms with E-state index in [1.807, 2.05) is 12.1 Å². The van der Waals surface area contributed by atoms with Crippen LogP contribution in [0.15, 0.2) is 48.5 Å². The van der Waals surface area contributed by atoms with Gasteiger partial charge < -0.3 is 10.1 Å². The fraction of sp³-hybridized carbons (Fsp3) is 0.238. The maximum absolute atomic E-state index is 12.7. The van der Waals surface area contributed by atoms with Gasteiger partial charge in [0.25, 0.3) is 0 Å². The Balaban J connectivity index is 2.01. The minimum Gasteiger partial charge on any atom is -0.497 e. The van der Waals surface area contributed by atoms with E-state index in [1.54, 1.807) is 37.5 Å². The molecule has 0 amide bonds. The van der Waals surface area contributed by atoms with Crippen molar-refractivity contribution >= 4 is 11.5 Å². The summed E-state index contributed by atoms with van der Waals surface area (Å²) in [6, 6.07) is 14.7. The average Bonchev–Trinajstić information content (AvgIpc) is 2.60. The van der Waals surface area contributed by atoms with Crippen LogP contribution in [0, 0.1) is 11.3 Å². The molecule has 0 bridgehead atoms. The molecule has 2 aromatic carbocycles. The highest BCUT2D eigenvalue weighted by Gasteiger charge is 2.28. The first-order valence-corrected chi connectivity index (χ1v) is 8.13. The van der Waals surface area contributed by atoms with Gasteiger partial charge in [-0.2, -0.15) is 5.26 Å². The first-order chi connectivity index (χ1) is 11.9. The van der Waals surface area contributed by atoms with E-state index in [4.69, 9.17) is 10.00 Å². The first kappa shape index (κ1) is 16.8. The van der Waals surface area contributed by atoms with E-state index in [-0.39, 0.29) is 11.3 Å². The molecule has 0 spiro atoms. The van der Waals surface area contributed by atoms with E-state index in [2.05, 4.69) is 31.3 Å². The van der Waals surface area contributed by atoms with Crippen molar-refractivity contribution in [1.82, 2.24) is 5.32 Å². The maximum atomic E-state index is 12.7. The highest BCUT2D eigenvalue weighted by atomic mass is 16.5. The third kappa shape index (κ3) is 3.56. The second-order valence-electron chi connectivity index (χ2n) is 6.82. The quantitative estimate of drug-likeness (QED) is 0.687. The van der Waals surface area contributed by atoms with Gasteiger partial charge in [-0.15, -0.1) is 0 Å². The Labute approximate surface area is 147 Å². The second kappa shape index (κ2) is 6.45. The van der Waals surface area contributed by atoms with Crippen molar-refractivity contribution in [2.75, 3.05) is 7.11 Å². The molecule has 1 aliphatic heterocycles. The molecule has 0 saturated carbocycles. The lowest BCUT2D eigenvalue weighted by molar-refractivity contribution is 0.104. The number of benzene rings is 2. The van der Waals surface area contributed by atoms with Crippen LogP contribution in [0.25, 0.3) is 5.70 Å². The largest absolute Gasteiger partial charge is 0.497 e. The fourth-order valence-electron chi connectivity index (χ4n) is 3.08. The van der Waals surface area contributed by atoms with E-state index in [9.17, 15) is 4.79 Å². The van der Waals surface area contributed by atoms with Crippen LogP contribution in [0.2, 0.25) is 0 Å². The number of rotatable bonds is 3. The number of nitrogens with one attached hydrogen (secondary N) is 1. The van der Waals surface area contributed by atoms with Crippen molar-refractivity contribution in [3.8, 4) is 11.8 Å². The molecule has 0 unspecified atom stereocenters. The molecule has 1 aliphatic rings. The van der Waals surface area contributed by atoms with Crippen LogP contribution in [-0.2, 0) is 6.42 Å². The van der Waals surface area contributed by atoms with Crippen LogP contribution in [-0.4, -0.2) is 18.4 Å². The van der Waals surface area contributed by atoms with Gasteiger partial charge in [0.1, 0.15) is 5.75 Å². The Hall–Kier alpha value is -3.06. The Morgan fingerprint density at radius 2 is 1.96 bits per heavy atom. The highest BCUT2D eigenvalue weighted by molar-refractivity contribution is 6.08. The Bertz CT molecular complexity index is 887. The van der Waals surface area contributed by atoms with Crippen LogP contribution in [0.5, 0.6) is 5.75 Å². The van der Waals surface area contributed by atoms with Gasteiger partial charge in [0, 0.05) is 28.4 Å². The lowest BCUT2D eigenvalue weighted by Gasteiger charge is -2.35. The third-order valence-corrected chi connectivity index (χ3v) is 4.29. The molecule has 0 radical (unpaired) electrons. The van der Waals surface area contributed by atoms with Crippen molar-refractivity contribution in [3.63, 3.8) is 0 Å². The Morgan fingerprint density at radius 1 is 1.24 bits per heavy atom. The summed E-state index contributed by atoms with van der Waals surface area (Å²) in [6.45, 7) is 4.22. The molecule has 2 aromatic rings. The van der Waals surface area contributed by atoms with Crippen molar-refractivity contribution in [1.29, 1.82) is 5.26 Å². The smallest absolute Gasteiger partial charge is 0.187 e. The van der Waals surface area contributed by atoms with E-state index in [0.717, 1.165) is 23.4 Å². The van der Waals surface area contributed by atoms with Gasteiger partial charge in [0.15, 0.2) is 5.78 Å². The number of ketones is 1. The number of ether oxygens (including phenoxy) is 1. The third-order valence-electron chi connectivity index (χ3n) is 4.29. The molecular formula is C21H20N2O2. The lowest BCUT2D eigenvalue weighted by Crippen LogP contribution is -2.43. The molecule has 0 aromatic heterocycles. The summed E-state index contributed by atoms with van der Waals surface area (Å²) in [6.07, 6.45) is 2.50. The monoisotopic (exact) mass is 332 g/mol. The molecule has 0 fully saturated rings. The Morgan fingerprint density at radius 3 is 2.60 bits per heavy atom. The number of allylic oxidation sites excluding steroid dienone is 1. The van der Waals surface area contributed by atoms with E-state index < -0.39 is 0 Å². The number of hydrogen-bond donors (Lipinski definition) is 1. The molecule has 0 aliphatic carbocycles. The summed E-state index contributed by atoms with van der Waals surface area (Å²) in [5.41, 5.74) is 3.92. The van der Waals surface area contributed by atoms with Gasteiger partial charge in [-0.05, 0) is 62.2 Å². The lowest BCUT2D eigenvalue weighted by atomic mass is 9.85. The minimum atomic E-state index is -0.141. The standard InChI is InChI=1S/C21H20N2O2/c1-21(2)12-16-8-9-17(25-3)10-18(16)19(23-21)11-20(24)15-6-4-14(13-22)5-7-15/h4-11,23H,12H2,1-3H3. The fourth-order valence-corrected chi connectivity index (χ4v) is 3.08. The molecule has 4 heteroatoms. The molecule has 3 rings (SSSR count). The normalized spacial score (nSPS) is 16.5. The van der Waals surface area contributed by atoms with Gasteiger partial charge in [0.05, 0.1) is 18.7 Å². The molecular weight excluding hydrogens is 312 g/mol. The van der Waals surface area contributed by atoms with E-state index in [0.29, 0.717) is 11.1 Å². The summed E-state index contributed by atoms with van der Waals surface area (Å²) in [4.78, 5) is 12.7. The Kier molecular flexibility index (Phi) is 4.33. The van der Waals surface area contributed by atoms with Gasteiger partial charge >= 0.3 is 0 Å². The van der Waals surface area contributed by atoms with Crippen LogP contribution in [0.4, 0.5) is 0 Å². The summed E-state index contributed by atoms with van der Waals surface area (Å²) < 4.78 is 5.33. The molecule has 1 heterocycles. The van der Waals surface area contributed by atoms with Crippen LogP contribution in [0.3, 0.4) is 0 Å². The number of carbonyl (C=O) groups is 1. The van der Waals surface area contributed by atoms with E-state index >= 15 is 0 Å². The van der Waals surface area contributed by atoms with Crippen LogP contribution in [0.1, 0.15) is 40.9 Å². The number of methoxy groups -OCH3 is 1. The van der Waals surface area contributed by atoms with Gasteiger partial charge in [-0.1, -0.05) is 6.07 Å². The van der Waals surface area contributed by atoms with Crippen molar-refractivity contribution < 1.29 is 9.53 Å². The summed E-state index contributed by atoms with van der Waals surface area (Å²) in [5.74, 6) is 0.662. The summed E-state index contributed by atoms with van der Waals surface area (Å²) in [7, 11) is 1.63. The molecule has 126 valence electrons. The van der Waals surface area contributed by atoms with Gasteiger partial charge in [-0.3, -0.25) is 4.79 Å². The van der Waals surface area contributed by atoms with Crippen molar-refractivity contribution in [2.24, 2.45) is 0 Å². The highest BCUT2D eigenvalue weighted by Crippen LogP contribution is 2.32. The summed E-state index contributed by atoms with van der Waals surface area (Å²) in [5, 5.41) is 12.3. The minimum absolute atomic E-state index is 0.0986. The van der Waals surface area contributed by atoms with Gasteiger partial charge in [-0.25, -0.2) is 0 Å². The summed E-state index contributed by atoms with van der Waals surface area (Å²) >= 11 is 0. The zero-order valence-electron chi connectivity index (χ0n) is 14.6. The van der Waals surface area contributed by atoms with E-state index in [1.165, 1.54) is 5.56 Å². The zero-order valence-corrected chi connectivity index (χ0v) is 14.6. The van der Waals surface area contributed by atoms with Crippen LogP contribution >= 0.6 is 0 Å². The van der Waals surface area contributed by atoms with Crippen molar-refractivity contribution in [2.45, 2.75) is 25.8 Å². The molecule has 0 saturated heterocycles. The molecule has 25 heavy (non-hydrogen) atoms. The maximum Gasteiger partial charge on any atom is 0.187 e. The molecule has 0 atom stereocenters. The zero-order chi connectivity index (χ0) is 18.0.